The van der Waals surface area contributed by atoms with Gasteiger partial charge >= 0.3 is 0 Å². The van der Waals surface area contributed by atoms with Gasteiger partial charge in [-0.1, -0.05) is 0 Å². The van der Waals surface area contributed by atoms with Gasteiger partial charge in [0.15, 0.2) is 5.82 Å². The van der Waals surface area contributed by atoms with Crippen LogP contribution in [0.4, 0.5) is 4.39 Å². The van der Waals surface area contributed by atoms with Crippen molar-refractivity contribution >= 4 is 0 Å². The first kappa shape index (κ1) is 13.3. The number of pyridine rings is 1. The van der Waals surface area contributed by atoms with Gasteiger partial charge in [0.2, 0.25) is 0 Å². The third kappa shape index (κ3) is 3.20. The van der Waals surface area contributed by atoms with Crippen molar-refractivity contribution in [3.05, 3.63) is 47.9 Å². The van der Waals surface area contributed by atoms with Gasteiger partial charge in [-0.2, -0.15) is 0 Å². The molecule has 19 heavy (non-hydrogen) atoms. The molecule has 2 rings (SSSR count). The average molecular weight is 263 g/mol. The lowest BCUT2D eigenvalue weighted by molar-refractivity contribution is 0.273. The van der Waals surface area contributed by atoms with E-state index in [4.69, 9.17) is 14.6 Å². The first-order chi connectivity index (χ1) is 9.24. The van der Waals surface area contributed by atoms with Gasteiger partial charge in [-0.15, -0.1) is 0 Å². The van der Waals surface area contributed by atoms with Crippen LogP contribution < -0.4 is 9.47 Å². The lowest BCUT2D eigenvalue weighted by Gasteiger charge is -2.08. The van der Waals surface area contributed by atoms with Crippen molar-refractivity contribution in [2.24, 2.45) is 0 Å². The molecule has 0 aliphatic heterocycles. The summed E-state index contributed by atoms with van der Waals surface area (Å²) in [6, 6.07) is 8.19. The van der Waals surface area contributed by atoms with Crippen LogP contribution in [0.3, 0.4) is 0 Å². The van der Waals surface area contributed by atoms with Gasteiger partial charge in [0.1, 0.15) is 11.5 Å². The summed E-state index contributed by atoms with van der Waals surface area (Å²) in [5, 5.41) is 8.96. The minimum Gasteiger partial charge on any atom is -0.494 e. The molecule has 0 saturated carbocycles. The van der Waals surface area contributed by atoms with Gasteiger partial charge in [0.25, 0.3) is 5.88 Å². The molecule has 0 atom stereocenters. The summed E-state index contributed by atoms with van der Waals surface area (Å²) in [7, 11) is 0. The van der Waals surface area contributed by atoms with Crippen molar-refractivity contribution < 1.29 is 19.0 Å². The molecular weight excluding hydrogens is 249 g/mol. The molecule has 0 aliphatic carbocycles. The molecule has 5 heteroatoms. The normalized spacial score (nSPS) is 10.3. The van der Waals surface area contributed by atoms with Crippen molar-refractivity contribution in [2.45, 2.75) is 13.5 Å². The Kier molecular flexibility index (Phi) is 4.30. The van der Waals surface area contributed by atoms with E-state index >= 15 is 0 Å². The minimum atomic E-state index is -0.654. The maximum absolute atomic E-state index is 13.8. The van der Waals surface area contributed by atoms with Crippen molar-refractivity contribution in [2.75, 3.05) is 6.61 Å². The highest BCUT2D eigenvalue weighted by molar-refractivity contribution is 5.34. The highest BCUT2D eigenvalue weighted by Gasteiger charge is 2.10. The van der Waals surface area contributed by atoms with Gasteiger partial charge in [0, 0.05) is 11.8 Å². The van der Waals surface area contributed by atoms with Crippen molar-refractivity contribution in [3.63, 3.8) is 0 Å². The third-order valence-electron chi connectivity index (χ3n) is 2.46. The smallest absolute Gasteiger partial charge is 0.256 e. The number of aromatic nitrogens is 1. The fraction of sp³-hybridized carbons (Fsp3) is 0.214. The Morgan fingerprint density at radius 1 is 1.16 bits per heavy atom. The molecule has 0 amide bonds. The van der Waals surface area contributed by atoms with Crippen LogP contribution in [0, 0.1) is 5.82 Å². The number of aliphatic hydroxyl groups excluding tert-OH is 1. The molecule has 0 saturated heterocycles. The van der Waals surface area contributed by atoms with Crippen molar-refractivity contribution in [1.82, 2.24) is 4.98 Å². The molecule has 0 radical (unpaired) electrons. The molecule has 1 aromatic carbocycles. The van der Waals surface area contributed by atoms with Crippen LogP contribution in [-0.4, -0.2) is 16.7 Å². The van der Waals surface area contributed by atoms with Crippen LogP contribution in [0.15, 0.2) is 36.5 Å². The second kappa shape index (κ2) is 6.15. The second-order valence-electron chi connectivity index (χ2n) is 3.75. The largest absolute Gasteiger partial charge is 0.494 e. The molecule has 0 spiro atoms. The van der Waals surface area contributed by atoms with Crippen LogP contribution >= 0.6 is 0 Å². The summed E-state index contributed by atoms with van der Waals surface area (Å²) in [5.41, 5.74) is 0.149. The SMILES string of the molecule is CCOc1ccc(Oc2nccc(CO)c2F)cc1. The maximum Gasteiger partial charge on any atom is 0.256 e. The van der Waals surface area contributed by atoms with Gasteiger partial charge in [-0.3, -0.25) is 0 Å². The summed E-state index contributed by atoms with van der Waals surface area (Å²) in [4.78, 5) is 3.80. The van der Waals surface area contributed by atoms with Crippen LogP contribution in [0.5, 0.6) is 17.4 Å². The predicted octanol–water partition coefficient (Wildman–Crippen LogP) is 2.90. The Labute approximate surface area is 110 Å². The molecule has 0 bridgehead atoms. The third-order valence-corrected chi connectivity index (χ3v) is 2.46. The summed E-state index contributed by atoms with van der Waals surface area (Å²) in [6.45, 7) is 2.08. The zero-order valence-corrected chi connectivity index (χ0v) is 10.5. The number of halogens is 1. The van der Waals surface area contributed by atoms with E-state index in [1.165, 1.54) is 12.3 Å². The average Bonchev–Trinajstić information content (AvgIpc) is 2.43. The van der Waals surface area contributed by atoms with Crippen LogP contribution in [0.2, 0.25) is 0 Å². The van der Waals surface area contributed by atoms with Gasteiger partial charge in [0.05, 0.1) is 13.2 Å². The quantitative estimate of drug-likeness (QED) is 0.901. The number of ether oxygens (including phenoxy) is 2. The number of aliphatic hydroxyl groups is 1. The molecular formula is C14H14FNO3. The molecule has 1 N–H and O–H groups in total. The number of hydrogen-bond acceptors (Lipinski definition) is 4. The molecule has 1 heterocycles. The van der Waals surface area contributed by atoms with E-state index in [0.717, 1.165) is 0 Å². The van der Waals surface area contributed by atoms with Gasteiger partial charge in [-0.25, -0.2) is 9.37 Å². The standard InChI is InChI=1S/C14H14FNO3/c1-2-18-11-3-5-12(6-4-11)19-14-13(15)10(9-17)7-8-16-14/h3-8,17H,2,9H2,1H3. The summed E-state index contributed by atoms with van der Waals surface area (Å²) in [5.74, 6) is 0.354. The number of benzene rings is 1. The zero-order chi connectivity index (χ0) is 13.7. The van der Waals surface area contributed by atoms with Crippen molar-refractivity contribution in [1.29, 1.82) is 0 Å². The van der Waals surface area contributed by atoms with Crippen LogP contribution in [0.1, 0.15) is 12.5 Å². The predicted molar refractivity (Wildman–Crippen MR) is 67.8 cm³/mol. The van der Waals surface area contributed by atoms with Crippen LogP contribution in [0.25, 0.3) is 0 Å². The summed E-state index contributed by atoms with van der Waals surface area (Å²) < 4.78 is 24.4. The molecule has 0 unspecified atom stereocenters. The topological polar surface area (TPSA) is 51.6 Å². The molecule has 1 aromatic heterocycles. The lowest BCUT2D eigenvalue weighted by atomic mass is 10.2. The Morgan fingerprint density at radius 2 is 1.84 bits per heavy atom. The van der Waals surface area contributed by atoms with E-state index in [-0.39, 0.29) is 11.4 Å². The molecule has 0 fully saturated rings. The Hall–Kier alpha value is -2.14. The lowest BCUT2D eigenvalue weighted by Crippen LogP contribution is -1.97. The molecule has 2 aromatic rings. The Balaban J connectivity index is 2.16. The van der Waals surface area contributed by atoms with Gasteiger partial charge in [-0.05, 0) is 37.3 Å². The number of rotatable bonds is 5. The Morgan fingerprint density at radius 3 is 2.47 bits per heavy atom. The first-order valence-electron chi connectivity index (χ1n) is 5.89. The van der Waals surface area contributed by atoms with Gasteiger partial charge < -0.3 is 14.6 Å². The maximum atomic E-state index is 13.8. The second-order valence-corrected chi connectivity index (χ2v) is 3.75. The Bertz CT molecular complexity index is 543. The molecule has 4 nitrogen and oxygen atoms in total. The van der Waals surface area contributed by atoms with E-state index in [0.29, 0.717) is 18.1 Å². The fourth-order valence-electron chi connectivity index (χ4n) is 1.54. The highest BCUT2D eigenvalue weighted by atomic mass is 19.1. The zero-order valence-electron chi connectivity index (χ0n) is 10.5. The summed E-state index contributed by atoms with van der Waals surface area (Å²) in [6.07, 6.45) is 1.39. The monoisotopic (exact) mass is 263 g/mol. The summed E-state index contributed by atoms with van der Waals surface area (Å²) >= 11 is 0. The van der Waals surface area contributed by atoms with E-state index < -0.39 is 12.4 Å². The van der Waals surface area contributed by atoms with Crippen molar-refractivity contribution in [3.8, 4) is 17.4 Å². The number of hydrogen-bond donors (Lipinski definition) is 1. The van der Waals surface area contributed by atoms with E-state index in [1.807, 2.05) is 6.92 Å². The van der Waals surface area contributed by atoms with E-state index in [9.17, 15) is 4.39 Å². The van der Waals surface area contributed by atoms with E-state index in [2.05, 4.69) is 4.98 Å². The van der Waals surface area contributed by atoms with Crippen LogP contribution in [-0.2, 0) is 6.61 Å². The molecule has 100 valence electrons. The molecule has 0 aliphatic rings. The highest BCUT2D eigenvalue weighted by Crippen LogP contribution is 2.25. The number of nitrogens with zero attached hydrogens (tertiary/aromatic N) is 1. The first-order valence-corrected chi connectivity index (χ1v) is 5.89. The minimum absolute atomic E-state index is 0.149. The van der Waals surface area contributed by atoms with E-state index in [1.54, 1.807) is 24.3 Å². The fourth-order valence-corrected chi connectivity index (χ4v) is 1.54.